The van der Waals surface area contributed by atoms with Gasteiger partial charge in [0.05, 0.1) is 16.1 Å². The zero-order valence-corrected chi connectivity index (χ0v) is 12.5. The molecular formula is C15H9ClF4N2O2. The molecule has 0 aliphatic heterocycles. The minimum Gasteiger partial charge on any atom is -0.404 e. The number of benzene rings is 2. The predicted molar refractivity (Wildman–Crippen MR) is 78.2 cm³/mol. The van der Waals surface area contributed by atoms with E-state index in [1.165, 1.54) is 24.3 Å². The van der Waals surface area contributed by atoms with Crippen LogP contribution in [-0.4, -0.2) is 21.4 Å². The normalized spacial score (nSPS) is 13.2. The van der Waals surface area contributed by atoms with Gasteiger partial charge in [-0.15, -0.1) is 13.2 Å². The molecule has 2 N–H and O–H groups in total. The first kappa shape index (κ1) is 16.5. The SMILES string of the molecule is OC(c1ccc(OC(F)(F)F)c(Cl)c1)c1nc2cc(F)ccc2[nH]1. The number of H-pyrrole nitrogens is 1. The van der Waals surface area contributed by atoms with E-state index in [1.54, 1.807) is 0 Å². The highest BCUT2D eigenvalue weighted by molar-refractivity contribution is 6.32. The zero-order chi connectivity index (χ0) is 17.5. The number of rotatable bonds is 3. The summed E-state index contributed by atoms with van der Waals surface area (Å²) in [6.07, 6.45) is -6.15. The van der Waals surface area contributed by atoms with Crippen LogP contribution in [0.25, 0.3) is 11.0 Å². The van der Waals surface area contributed by atoms with Gasteiger partial charge >= 0.3 is 6.36 Å². The van der Waals surface area contributed by atoms with Crippen LogP contribution in [0.1, 0.15) is 17.5 Å². The fourth-order valence-corrected chi connectivity index (χ4v) is 2.41. The number of nitrogens with one attached hydrogen (secondary N) is 1. The third-order valence-corrected chi connectivity index (χ3v) is 3.52. The van der Waals surface area contributed by atoms with Crippen molar-refractivity contribution in [3.05, 3.63) is 58.6 Å². The summed E-state index contributed by atoms with van der Waals surface area (Å²) < 4.78 is 53.6. The number of fused-ring (bicyclic) bond motifs is 1. The van der Waals surface area contributed by atoms with Gasteiger partial charge in [-0.2, -0.15) is 0 Å². The van der Waals surface area contributed by atoms with Gasteiger partial charge in [0, 0.05) is 6.07 Å². The Hall–Kier alpha value is -2.32. The number of aromatic nitrogens is 2. The average molecular weight is 361 g/mol. The molecule has 0 spiro atoms. The molecule has 3 aromatic rings. The lowest BCUT2D eigenvalue weighted by Crippen LogP contribution is -2.17. The maximum Gasteiger partial charge on any atom is 0.573 e. The molecule has 0 saturated carbocycles. The molecule has 0 bridgehead atoms. The summed E-state index contributed by atoms with van der Waals surface area (Å²) in [7, 11) is 0. The van der Waals surface area contributed by atoms with Crippen LogP contribution in [0, 0.1) is 5.82 Å². The van der Waals surface area contributed by atoms with Crippen molar-refractivity contribution in [2.24, 2.45) is 0 Å². The Labute approximate surface area is 137 Å². The van der Waals surface area contributed by atoms with Gasteiger partial charge in [-0.3, -0.25) is 0 Å². The highest BCUT2D eigenvalue weighted by Crippen LogP contribution is 2.33. The number of aromatic amines is 1. The van der Waals surface area contributed by atoms with Gasteiger partial charge in [-0.05, 0) is 29.8 Å². The quantitative estimate of drug-likeness (QED) is 0.683. The maximum atomic E-state index is 13.2. The fourth-order valence-electron chi connectivity index (χ4n) is 2.18. The van der Waals surface area contributed by atoms with Gasteiger partial charge < -0.3 is 14.8 Å². The standard InChI is InChI=1S/C15H9ClF4N2O2/c16-9-5-7(1-4-12(9)24-15(18,19)20)13(23)14-21-10-3-2-8(17)6-11(10)22-14/h1-6,13,23H,(H,21,22). The Morgan fingerprint density at radius 2 is 1.92 bits per heavy atom. The zero-order valence-electron chi connectivity index (χ0n) is 11.7. The maximum absolute atomic E-state index is 13.2. The fraction of sp³-hybridized carbons (Fsp3) is 0.133. The number of alkyl halides is 3. The molecule has 1 aromatic heterocycles. The summed E-state index contributed by atoms with van der Waals surface area (Å²) in [5, 5.41) is 9.99. The molecule has 1 heterocycles. The van der Waals surface area contributed by atoms with Crippen molar-refractivity contribution >= 4 is 22.6 Å². The molecule has 9 heteroatoms. The molecule has 0 amide bonds. The van der Waals surface area contributed by atoms with E-state index < -0.39 is 24.0 Å². The molecular weight excluding hydrogens is 352 g/mol. The van der Waals surface area contributed by atoms with Gasteiger partial charge in [-0.1, -0.05) is 17.7 Å². The molecule has 0 saturated heterocycles. The molecule has 24 heavy (non-hydrogen) atoms. The van der Waals surface area contributed by atoms with Gasteiger partial charge in [-0.25, -0.2) is 9.37 Å². The first-order chi connectivity index (χ1) is 11.2. The topological polar surface area (TPSA) is 58.1 Å². The van der Waals surface area contributed by atoms with Crippen LogP contribution >= 0.6 is 11.6 Å². The number of hydrogen-bond acceptors (Lipinski definition) is 3. The number of imidazole rings is 1. The summed E-state index contributed by atoms with van der Waals surface area (Å²) in [4.78, 5) is 6.87. The molecule has 4 nitrogen and oxygen atoms in total. The van der Waals surface area contributed by atoms with Crippen molar-refractivity contribution in [2.45, 2.75) is 12.5 Å². The summed E-state index contributed by atoms with van der Waals surface area (Å²) in [5.41, 5.74) is 1.02. The van der Waals surface area contributed by atoms with Crippen molar-refractivity contribution in [3.8, 4) is 5.75 Å². The Bertz CT molecular complexity index is 895. The number of ether oxygens (including phenoxy) is 1. The Morgan fingerprint density at radius 3 is 2.58 bits per heavy atom. The molecule has 0 aliphatic carbocycles. The molecule has 0 fully saturated rings. The predicted octanol–water partition coefficient (Wildman–Crippen LogP) is 4.34. The molecule has 1 unspecified atom stereocenters. The van der Waals surface area contributed by atoms with Gasteiger partial charge in [0.1, 0.15) is 23.5 Å². The number of halogens is 5. The highest BCUT2D eigenvalue weighted by Gasteiger charge is 2.32. The van der Waals surface area contributed by atoms with Crippen LogP contribution in [0.2, 0.25) is 5.02 Å². The Kier molecular flexibility index (Phi) is 4.10. The summed E-state index contributed by atoms with van der Waals surface area (Å²) in [5.74, 6) is -0.949. The second kappa shape index (κ2) is 5.95. The molecule has 126 valence electrons. The molecule has 3 rings (SSSR count). The lowest BCUT2D eigenvalue weighted by molar-refractivity contribution is -0.274. The van der Waals surface area contributed by atoms with E-state index in [0.29, 0.717) is 11.0 Å². The minimum atomic E-state index is -4.87. The first-order valence-corrected chi connectivity index (χ1v) is 6.99. The van der Waals surface area contributed by atoms with Crippen LogP contribution in [-0.2, 0) is 0 Å². The molecule has 2 aromatic carbocycles. The number of nitrogens with zero attached hydrogens (tertiary/aromatic N) is 1. The number of aliphatic hydroxyl groups excluding tert-OH is 1. The van der Waals surface area contributed by atoms with Crippen LogP contribution in [0.15, 0.2) is 36.4 Å². The van der Waals surface area contributed by atoms with E-state index in [2.05, 4.69) is 14.7 Å². The van der Waals surface area contributed by atoms with Crippen LogP contribution < -0.4 is 4.74 Å². The lowest BCUT2D eigenvalue weighted by atomic mass is 10.1. The van der Waals surface area contributed by atoms with Crippen molar-refractivity contribution < 1.29 is 27.4 Å². The van der Waals surface area contributed by atoms with E-state index >= 15 is 0 Å². The first-order valence-electron chi connectivity index (χ1n) is 6.61. The molecule has 0 radical (unpaired) electrons. The van der Waals surface area contributed by atoms with Gasteiger partial charge in [0.2, 0.25) is 0 Å². The second-order valence-electron chi connectivity index (χ2n) is 4.92. The summed E-state index contributed by atoms with van der Waals surface area (Å²) in [6, 6.07) is 7.25. The van der Waals surface area contributed by atoms with Crippen LogP contribution in [0.3, 0.4) is 0 Å². The smallest absolute Gasteiger partial charge is 0.404 e. The molecule has 0 aliphatic rings. The van der Waals surface area contributed by atoms with E-state index in [4.69, 9.17) is 11.6 Å². The lowest BCUT2D eigenvalue weighted by Gasteiger charge is -2.13. The van der Waals surface area contributed by atoms with E-state index in [1.807, 2.05) is 0 Å². The number of aliphatic hydroxyl groups is 1. The van der Waals surface area contributed by atoms with E-state index in [9.17, 15) is 22.7 Å². The largest absolute Gasteiger partial charge is 0.573 e. The van der Waals surface area contributed by atoms with Gasteiger partial charge in [0.15, 0.2) is 0 Å². The van der Waals surface area contributed by atoms with Crippen molar-refractivity contribution in [2.75, 3.05) is 0 Å². The average Bonchev–Trinajstić information content (AvgIpc) is 2.90. The van der Waals surface area contributed by atoms with Crippen LogP contribution in [0.4, 0.5) is 17.6 Å². The minimum absolute atomic E-state index is 0.108. The Balaban J connectivity index is 1.91. The Morgan fingerprint density at radius 1 is 1.17 bits per heavy atom. The summed E-state index contributed by atoms with van der Waals surface area (Å²) in [6.45, 7) is 0. The van der Waals surface area contributed by atoms with E-state index in [-0.39, 0.29) is 16.4 Å². The van der Waals surface area contributed by atoms with Crippen molar-refractivity contribution in [3.63, 3.8) is 0 Å². The summed E-state index contributed by atoms with van der Waals surface area (Å²) >= 11 is 5.75. The highest BCUT2D eigenvalue weighted by atomic mass is 35.5. The van der Waals surface area contributed by atoms with Crippen LogP contribution in [0.5, 0.6) is 5.75 Å². The third kappa shape index (κ3) is 3.44. The molecule has 1 atom stereocenters. The monoisotopic (exact) mass is 360 g/mol. The number of hydrogen-bond donors (Lipinski definition) is 2. The van der Waals surface area contributed by atoms with Crippen molar-refractivity contribution in [1.82, 2.24) is 9.97 Å². The van der Waals surface area contributed by atoms with E-state index in [0.717, 1.165) is 12.1 Å². The van der Waals surface area contributed by atoms with Crippen molar-refractivity contribution in [1.29, 1.82) is 0 Å². The third-order valence-electron chi connectivity index (χ3n) is 3.22. The second-order valence-corrected chi connectivity index (χ2v) is 5.33. The van der Waals surface area contributed by atoms with Gasteiger partial charge in [0.25, 0.3) is 0 Å².